The van der Waals surface area contributed by atoms with Gasteiger partial charge in [-0.15, -0.1) is 0 Å². The highest BCUT2D eigenvalue weighted by Crippen LogP contribution is 2.21. The second kappa shape index (κ2) is 6.62. The van der Waals surface area contributed by atoms with Gasteiger partial charge in [-0.1, -0.05) is 29.3 Å². The minimum absolute atomic E-state index is 0.132. The highest BCUT2D eigenvalue weighted by molar-refractivity contribution is 8.00. The average molecular weight is 308 g/mol. The maximum absolute atomic E-state index is 12.3. The Kier molecular flexibility index (Phi) is 4.85. The third kappa shape index (κ3) is 3.75. The molecule has 1 aromatic carbocycles. The highest BCUT2D eigenvalue weighted by atomic mass is 32.2. The number of carbonyl (C=O) groups is 1. The number of aryl methyl sites for hydroxylation is 2. The lowest BCUT2D eigenvalue weighted by Crippen LogP contribution is -2.35. The van der Waals surface area contributed by atoms with Gasteiger partial charge >= 0.3 is 10.7 Å². The van der Waals surface area contributed by atoms with E-state index in [1.54, 1.807) is 7.05 Å². The zero-order valence-electron chi connectivity index (χ0n) is 12.2. The van der Waals surface area contributed by atoms with Gasteiger partial charge < -0.3 is 5.32 Å². The number of anilines is 1. The maximum atomic E-state index is 12.3. The molecule has 0 aliphatic heterocycles. The van der Waals surface area contributed by atoms with Crippen molar-refractivity contribution in [3.05, 3.63) is 40.2 Å². The smallest absolute Gasteiger partial charge is 0.325 e. The Morgan fingerprint density at radius 3 is 2.62 bits per heavy atom. The van der Waals surface area contributed by atoms with Crippen LogP contribution in [0, 0.1) is 6.92 Å². The summed E-state index contributed by atoms with van der Waals surface area (Å²) < 4.78 is 6.15. The molecule has 2 rings (SSSR count). The molecule has 0 bridgehead atoms. The van der Waals surface area contributed by atoms with E-state index < -0.39 is 5.63 Å². The Hall–Kier alpha value is -2.02. The van der Waals surface area contributed by atoms with Gasteiger partial charge in [0.05, 0.1) is 5.25 Å². The quantitative estimate of drug-likeness (QED) is 0.650. The van der Waals surface area contributed by atoms with Crippen LogP contribution in [-0.2, 0) is 11.8 Å². The summed E-state index contributed by atoms with van der Waals surface area (Å²) in [7, 11) is 1.66. The molecule has 0 fully saturated rings. The largest absolute Gasteiger partial charge is 0.441 e. The van der Waals surface area contributed by atoms with Crippen LogP contribution in [0.5, 0.6) is 0 Å². The van der Waals surface area contributed by atoms with E-state index in [1.807, 2.05) is 38.1 Å². The lowest BCUT2D eigenvalue weighted by atomic mass is 10.2. The van der Waals surface area contributed by atoms with Crippen molar-refractivity contribution in [2.75, 3.05) is 5.32 Å². The second-order valence-electron chi connectivity index (χ2n) is 4.71. The Balaban J connectivity index is 2.08. The molecule has 21 heavy (non-hydrogen) atoms. The van der Waals surface area contributed by atoms with Gasteiger partial charge in [-0.2, -0.15) is 0 Å². The van der Waals surface area contributed by atoms with Gasteiger partial charge in [0.2, 0.25) is 5.91 Å². The molecule has 1 atom stereocenters. The van der Waals surface area contributed by atoms with Crippen LogP contribution >= 0.6 is 11.8 Å². The SMILES string of the molecule is CCC(Sc1c(=O)o[nH][n+]1C)C(=O)Nc1ccc(C)cc1. The number of H-pyrrole nitrogens is 1. The third-order valence-electron chi connectivity index (χ3n) is 2.99. The number of rotatable bonds is 5. The minimum atomic E-state index is -0.468. The van der Waals surface area contributed by atoms with Gasteiger partial charge in [0.25, 0.3) is 0 Å². The molecule has 2 aromatic rings. The molecule has 0 aliphatic carbocycles. The van der Waals surface area contributed by atoms with Crippen molar-refractivity contribution in [3.63, 3.8) is 0 Å². The number of thioether (sulfide) groups is 1. The fraction of sp³-hybridized carbons (Fsp3) is 0.357. The van der Waals surface area contributed by atoms with E-state index in [-0.39, 0.29) is 11.2 Å². The van der Waals surface area contributed by atoms with E-state index in [2.05, 4.69) is 15.1 Å². The first-order chi connectivity index (χ1) is 10.0. The van der Waals surface area contributed by atoms with Crippen molar-refractivity contribution in [2.45, 2.75) is 30.5 Å². The summed E-state index contributed by atoms with van der Waals surface area (Å²) in [6.45, 7) is 3.89. The van der Waals surface area contributed by atoms with Crippen LogP contribution < -0.4 is 15.6 Å². The van der Waals surface area contributed by atoms with Crippen molar-refractivity contribution in [1.29, 1.82) is 0 Å². The van der Waals surface area contributed by atoms with Gasteiger partial charge in [-0.25, -0.2) is 4.79 Å². The molecule has 1 unspecified atom stereocenters. The molecular formula is C14H18N3O3S+. The monoisotopic (exact) mass is 308 g/mol. The second-order valence-corrected chi connectivity index (χ2v) is 5.91. The number of hydrogen-bond donors (Lipinski definition) is 2. The van der Waals surface area contributed by atoms with Crippen molar-refractivity contribution >= 4 is 23.4 Å². The summed E-state index contributed by atoms with van der Waals surface area (Å²) in [5, 5.41) is 5.31. The normalized spacial score (nSPS) is 12.1. The summed E-state index contributed by atoms with van der Waals surface area (Å²) in [6.07, 6.45) is 0.604. The number of carbonyl (C=O) groups excluding carboxylic acids is 1. The Labute approximate surface area is 126 Å². The van der Waals surface area contributed by atoms with Crippen LogP contribution in [0.4, 0.5) is 5.69 Å². The van der Waals surface area contributed by atoms with Crippen molar-refractivity contribution in [2.24, 2.45) is 7.05 Å². The fourth-order valence-electron chi connectivity index (χ4n) is 1.78. The van der Waals surface area contributed by atoms with E-state index in [4.69, 9.17) is 0 Å². The highest BCUT2D eigenvalue weighted by Gasteiger charge is 2.27. The summed E-state index contributed by atoms with van der Waals surface area (Å²) in [5.41, 5.74) is 1.41. The Morgan fingerprint density at radius 2 is 2.10 bits per heavy atom. The van der Waals surface area contributed by atoms with E-state index >= 15 is 0 Å². The zero-order chi connectivity index (χ0) is 15.4. The van der Waals surface area contributed by atoms with Crippen LogP contribution in [0.2, 0.25) is 0 Å². The molecule has 1 heterocycles. The third-order valence-corrected chi connectivity index (χ3v) is 4.49. The number of hydrogen-bond acceptors (Lipinski definition) is 4. The van der Waals surface area contributed by atoms with E-state index in [1.165, 1.54) is 16.4 Å². The molecule has 0 saturated heterocycles. The summed E-state index contributed by atoms with van der Waals surface area (Å²) in [5.74, 6) is -0.132. The molecule has 1 aromatic heterocycles. The van der Waals surface area contributed by atoms with Crippen molar-refractivity contribution < 1.29 is 14.0 Å². The Morgan fingerprint density at radius 1 is 1.43 bits per heavy atom. The topological polar surface area (TPSA) is 79.0 Å². The number of benzene rings is 1. The molecule has 7 heteroatoms. The average Bonchev–Trinajstić information content (AvgIpc) is 2.78. The molecule has 0 spiro atoms. The van der Waals surface area contributed by atoms with E-state index in [0.717, 1.165) is 11.3 Å². The molecule has 6 nitrogen and oxygen atoms in total. The Bertz CT molecular complexity index is 676. The molecule has 2 N–H and O–H groups in total. The minimum Gasteiger partial charge on any atom is -0.325 e. The predicted molar refractivity (Wildman–Crippen MR) is 80.2 cm³/mol. The summed E-state index contributed by atoms with van der Waals surface area (Å²) >= 11 is 1.19. The van der Waals surface area contributed by atoms with Crippen LogP contribution in [0.25, 0.3) is 0 Å². The first-order valence-electron chi connectivity index (χ1n) is 6.63. The molecule has 1 amide bonds. The molecule has 0 saturated carbocycles. The first kappa shape index (κ1) is 15.4. The van der Waals surface area contributed by atoms with Crippen LogP contribution in [0.3, 0.4) is 0 Å². The fourth-order valence-corrected chi connectivity index (χ4v) is 2.71. The van der Waals surface area contributed by atoms with Crippen LogP contribution in [-0.4, -0.2) is 16.4 Å². The molecule has 0 radical (unpaired) electrons. The lowest BCUT2D eigenvalue weighted by molar-refractivity contribution is -0.772. The van der Waals surface area contributed by atoms with Gasteiger partial charge in [0.15, 0.2) is 7.05 Å². The molecular weight excluding hydrogens is 290 g/mol. The number of nitrogens with one attached hydrogen (secondary N) is 2. The number of aromatic amines is 1. The first-order valence-corrected chi connectivity index (χ1v) is 7.51. The van der Waals surface area contributed by atoms with Crippen LogP contribution in [0.15, 0.2) is 38.6 Å². The zero-order valence-corrected chi connectivity index (χ0v) is 13.0. The van der Waals surface area contributed by atoms with Crippen molar-refractivity contribution in [1.82, 2.24) is 5.27 Å². The van der Waals surface area contributed by atoms with E-state index in [9.17, 15) is 9.59 Å². The van der Waals surface area contributed by atoms with Gasteiger partial charge in [-0.05, 0) is 42.5 Å². The van der Waals surface area contributed by atoms with Gasteiger partial charge in [0.1, 0.15) is 0 Å². The van der Waals surface area contributed by atoms with E-state index in [0.29, 0.717) is 11.4 Å². The summed E-state index contributed by atoms with van der Waals surface area (Å²) in [4.78, 5) is 23.8. The molecule has 0 aliphatic rings. The van der Waals surface area contributed by atoms with Gasteiger partial charge in [0, 0.05) is 5.69 Å². The number of aromatic nitrogens is 2. The summed E-state index contributed by atoms with van der Waals surface area (Å²) in [6, 6.07) is 7.58. The maximum Gasteiger partial charge on any atom is 0.441 e. The lowest BCUT2D eigenvalue weighted by Gasteiger charge is -2.12. The van der Waals surface area contributed by atoms with Crippen LogP contribution in [0.1, 0.15) is 18.9 Å². The standard InChI is InChI=1S/C14H17N3O3S/c1-4-11(21-13-14(19)20-16-17(13)3)12(18)15-10-7-5-9(2)6-8-10/h5-8,11H,4H2,1-3H3,(H-,15,16,18,19)/p+1. The molecule has 112 valence electrons. The number of nitrogens with zero attached hydrogens (tertiary/aromatic N) is 1. The predicted octanol–water partition coefficient (Wildman–Crippen LogP) is 1.61. The number of amides is 1. The van der Waals surface area contributed by atoms with Gasteiger partial charge in [-0.3, -0.25) is 9.32 Å². The van der Waals surface area contributed by atoms with Crippen molar-refractivity contribution in [3.8, 4) is 0 Å².